The highest BCUT2D eigenvalue weighted by molar-refractivity contribution is 5.28. The summed E-state index contributed by atoms with van der Waals surface area (Å²) >= 11 is 0. The number of methoxy groups -OCH3 is 1. The molecule has 1 atom stereocenters. The Hall–Kier alpha value is -1.07. The SMILES string of the molecule is COc1cnn(C)c1C(CC(C)C)NN. The van der Waals surface area contributed by atoms with E-state index in [0.29, 0.717) is 5.92 Å². The Labute approximate surface area is 90.6 Å². The van der Waals surface area contributed by atoms with Crippen molar-refractivity contribution >= 4 is 0 Å². The van der Waals surface area contributed by atoms with Crippen molar-refractivity contribution in [3.8, 4) is 5.75 Å². The van der Waals surface area contributed by atoms with Crippen molar-refractivity contribution in [3.05, 3.63) is 11.9 Å². The Balaban J connectivity index is 2.94. The normalized spacial score (nSPS) is 13.2. The number of hydrogen-bond donors (Lipinski definition) is 2. The minimum Gasteiger partial charge on any atom is -0.493 e. The van der Waals surface area contributed by atoms with E-state index < -0.39 is 0 Å². The van der Waals surface area contributed by atoms with Crippen molar-refractivity contribution in [1.29, 1.82) is 0 Å². The summed E-state index contributed by atoms with van der Waals surface area (Å²) in [7, 11) is 3.53. The Bertz CT molecular complexity index is 308. The fourth-order valence-corrected chi connectivity index (χ4v) is 1.71. The Morgan fingerprint density at radius 3 is 2.73 bits per heavy atom. The van der Waals surface area contributed by atoms with Crippen molar-refractivity contribution in [3.63, 3.8) is 0 Å². The van der Waals surface area contributed by atoms with Gasteiger partial charge in [-0.15, -0.1) is 0 Å². The van der Waals surface area contributed by atoms with Gasteiger partial charge >= 0.3 is 0 Å². The number of hydrogen-bond acceptors (Lipinski definition) is 4. The van der Waals surface area contributed by atoms with Crippen LogP contribution in [-0.2, 0) is 7.05 Å². The van der Waals surface area contributed by atoms with Gasteiger partial charge in [0.15, 0.2) is 5.75 Å². The maximum atomic E-state index is 5.56. The molecule has 15 heavy (non-hydrogen) atoms. The molecule has 0 aromatic carbocycles. The minimum atomic E-state index is 0.0763. The minimum absolute atomic E-state index is 0.0763. The summed E-state index contributed by atoms with van der Waals surface area (Å²) in [6, 6.07) is 0.0763. The summed E-state index contributed by atoms with van der Waals surface area (Å²) in [5.41, 5.74) is 3.80. The maximum Gasteiger partial charge on any atom is 0.161 e. The molecule has 0 aliphatic carbocycles. The molecule has 0 bridgehead atoms. The molecule has 0 aliphatic heterocycles. The summed E-state index contributed by atoms with van der Waals surface area (Å²) in [4.78, 5) is 0. The van der Waals surface area contributed by atoms with Crippen LogP contribution in [0.5, 0.6) is 5.75 Å². The third-order valence-electron chi connectivity index (χ3n) is 2.41. The van der Waals surface area contributed by atoms with E-state index in [1.165, 1.54) is 0 Å². The number of nitrogens with zero attached hydrogens (tertiary/aromatic N) is 2. The molecular formula is C10H20N4O. The summed E-state index contributed by atoms with van der Waals surface area (Å²) in [5, 5.41) is 4.16. The van der Waals surface area contributed by atoms with E-state index in [4.69, 9.17) is 10.6 Å². The monoisotopic (exact) mass is 212 g/mol. The summed E-state index contributed by atoms with van der Waals surface area (Å²) < 4.78 is 7.05. The van der Waals surface area contributed by atoms with E-state index >= 15 is 0 Å². The van der Waals surface area contributed by atoms with Crippen LogP contribution in [0.2, 0.25) is 0 Å². The molecule has 1 heterocycles. The number of aromatic nitrogens is 2. The van der Waals surface area contributed by atoms with E-state index in [1.807, 2.05) is 7.05 Å². The van der Waals surface area contributed by atoms with Crippen molar-refractivity contribution in [2.75, 3.05) is 7.11 Å². The second kappa shape index (κ2) is 5.14. The van der Waals surface area contributed by atoms with Gasteiger partial charge in [0.2, 0.25) is 0 Å². The number of nitrogens with two attached hydrogens (primary N) is 1. The highest BCUT2D eigenvalue weighted by Crippen LogP contribution is 2.27. The molecule has 1 aromatic heterocycles. The van der Waals surface area contributed by atoms with E-state index in [1.54, 1.807) is 18.0 Å². The number of aryl methyl sites for hydroxylation is 1. The summed E-state index contributed by atoms with van der Waals surface area (Å²) in [6.07, 6.45) is 2.66. The van der Waals surface area contributed by atoms with Crippen LogP contribution in [0.1, 0.15) is 32.0 Å². The molecule has 0 saturated heterocycles. The van der Waals surface area contributed by atoms with Gasteiger partial charge in [0.25, 0.3) is 0 Å². The molecule has 0 aliphatic rings. The predicted octanol–water partition coefficient (Wildman–Crippen LogP) is 0.979. The Kier molecular flexibility index (Phi) is 4.11. The van der Waals surface area contributed by atoms with E-state index in [2.05, 4.69) is 24.4 Å². The van der Waals surface area contributed by atoms with Crippen LogP contribution < -0.4 is 16.0 Å². The Morgan fingerprint density at radius 2 is 2.27 bits per heavy atom. The first kappa shape index (κ1) is 12.0. The van der Waals surface area contributed by atoms with Gasteiger partial charge in [0.05, 0.1) is 25.0 Å². The first-order valence-corrected chi connectivity index (χ1v) is 5.12. The van der Waals surface area contributed by atoms with Gasteiger partial charge in [-0.2, -0.15) is 5.10 Å². The third-order valence-corrected chi connectivity index (χ3v) is 2.41. The van der Waals surface area contributed by atoms with Crippen LogP contribution in [0.15, 0.2) is 6.20 Å². The maximum absolute atomic E-state index is 5.56. The lowest BCUT2D eigenvalue weighted by Gasteiger charge is -2.19. The van der Waals surface area contributed by atoms with E-state index in [9.17, 15) is 0 Å². The molecule has 1 aromatic rings. The topological polar surface area (TPSA) is 65.1 Å². The Morgan fingerprint density at radius 1 is 1.60 bits per heavy atom. The first-order chi connectivity index (χ1) is 7.10. The highest BCUT2D eigenvalue weighted by Gasteiger charge is 2.20. The van der Waals surface area contributed by atoms with Crippen molar-refractivity contribution < 1.29 is 4.74 Å². The van der Waals surface area contributed by atoms with Gasteiger partial charge in [0, 0.05) is 7.05 Å². The largest absolute Gasteiger partial charge is 0.493 e. The van der Waals surface area contributed by atoms with Gasteiger partial charge in [-0.1, -0.05) is 13.8 Å². The highest BCUT2D eigenvalue weighted by atomic mass is 16.5. The average molecular weight is 212 g/mol. The van der Waals surface area contributed by atoms with Crippen molar-refractivity contribution in [1.82, 2.24) is 15.2 Å². The third kappa shape index (κ3) is 2.70. The number of hydrazine groups is 1. The lowest BCUT2D eigenvalue weighted by atomic mass is 10.0. The quantitative estimate of drug-likeness (QED) is 0.564. The van der Waals surface area contributed by atoms with Gasteiger partial charge in [-0.25, -0.2) is 0 Å². The zero-order valence-electron chi connectivity index (χ0n) is 9.82. The van der Waals surface area contributed by atoms with E-state index in [-0.39, 0.29) is 6.04 Å². The van der Waals surface area contributed by atoms with Gasteiger partial charge in [-0.05, 0) is 12.3 Å². The standard InChI is InChI=1S/C10H20N4O/c1-7(2)5-8(13-11)10-9(15-4)6-12-14(10)3/h6-8,13H,5,11H2,1-4H3. The molecule has 0 fully saturated rings. The van der Waals surface area contributed by atoms with Gasteiger partial charge < -0.3 is 4.74 Å². The van der Waals surface area contributed by atoms with Crippen LogP contribution in [0.25, 0.3) is 0 Å². The molecular weight excluding hydrogens is 192 g/mol. The second-order valence-electron chi connectivity index (χ2n) is 4.07. The number of ether oxygens (including phenoxy) is 1. The summed E-state index contributed by atoms with van der Waals surface area (Å²) in [6.45, 7) is 4.32. The number of nitrogens with one attached hydrogen (secondary N) is 1. The molecule has 3 N–H and O–H groups in total. The zero-order valence-corrected chi connectivity index (χ0v) is 9.82. The fraction of sp³-hybridized carbons (Fsp3) is 0.700. The molecule has 5 nitrogen and oxygen atoms in total. The molecule has 0 amide bonds. The molecule has 86 valence electrons. The lowest BCUT2D eigenvalue weighted by Crippen LogP contribution is -2.30. The van der Waals surface area contributed by atoms with Crippen LogP contribution in [0.4, 0.5) is 0 Å². The zero-order chi connectivity index (χ0) is 11.4. The van der Waals surface area contributed by atoms with Gasteiger partial charge in [-0.3, -0.25) is 16.0 Å². The predicted molar refractivity (Wildman–Crippen MR) is 59.3 cm³/mol. The molecule has 5 heteroatoms. The average Bonchev–Trinajstić information content (AvgIpc) is 2.56. The smallest absolute Gasteiger partial charge is 0.161 e. The summed E-state index contributed by atoms with van der Waals surface area (Å²) in [5.74, 6) is 6.90. The molecule has 0 spiro atoms. The van der Waals surface area contributed by atoms with Gasteiger partial charge in [0.1, 0.15) is 0 Å². The van der Waals surface area contributed by atoms with Crippen LogP contribution in [-0.4, -0.2) is 16.9 Å². The fourth-order valence-electron chi connectivity index (χ4n) is 1.71. The van der Waals surface area contributed by atoms with Crippen LogP contribution in [0, 0.1) is 5.92 Å². The molecule has 1 rings (SSSR count). The van der Waals surface area contributed by atoms with Crippen molar-refractivity contribution in [2.24, 2.45) is 18.8 Å². The van der Waals surface area contributed by atoms with E-state index in [0.717, 1.165) is 17.9 Å². The number of rotatable bonds is 5. The molecule has 1 unspecified atom stereocenters. The second-order valence-corrected chi connectivity index (χ2v) is 4.07. The molecule has 0 radical (unpaired) electrons. The molecule has 0 saturated carbocycles. The van der Waals surface area contributed by atoms with Crippen LogP contribution >= 0.6 is 0 Å². The van der Waals surface area contributed by atoms with Crippen LogP contribution in [0.3, 0.4) is 0 Å². The van der Waals surface area contributed by atoms with Crippen molar-refractivity contribution in [2.45, 2.75) is 26.3 Å². The lowest BCUT2D eigenvalue weighted by molar-refractivity contribution is 0.373. The first-order valence-electron chi connectivity index (χ1n) is 5.12.